The largest absolute Gasteiger partial charge is 0.497 e. The second-order valence-corrected chi connectivity index (χ2v) is 9.36. The number of anilines is 1. The number of methoxy groups -OCH3 is 1. The Kier molecular flexibility index (Phi) is 6.82. The highest BCUT2D eigenvalue weighted by atomic mass is 32.1. The first kappa shape index (κ1) is 22.0. The Labute approximate surface area is 194 Å². The van der Waals surface area contributed by atoms with Crippen molar-refractivity contribution in [1.29, 1.82) is 0 Å². The van der Waals surface area contributed by atoms with Gasteiger partial charge in [0.1, 0.15) is 23.1 Å². The number of benzene rings is 2. The molecule has 2 aromatic carbocycles. The molecule has 0 saturated heterocycles. The average molecular weight is 466 g/mol. The number of amides is 1. The molecule has 6 nitrogen and oxygen atoms in total. The first-order valence-electron chi connectivity index (χ1n) is 10.0. The zero-order valence-electron chi connectivity index (χ0n) is 18.0. The highest BCUT2D eigenvalue weighted by molar-refractivity contribution is 7.16. The van der Waals surface area contributed by atoms with E-state index >= 15 is 0 Å². The van der Waals surface area contributed by atoms with Crippen molar-refractivity contribution in [2.45, 2.75) is 26.9 Å². The Morgan fingerprint density at radius 2 is 1.72 bits per heavy atom. The van der Waals surface area contributed by atoms with Crippen LogP contribution in [0.1, 0.15) is 21.1 Å². The Hall–Kier alpha value is -3.23. The first-order valence-corrected chi connectivity index (χ1v) is 11.7. The molecule has 2 heterocycles. The molecule has 0 saturated carbocycles. The molecule has 164 valence electrons. The van der Waals surface area contributed by atoms with Crippen LogP contribution in [0.25, 0.3) is 11.3 Å². The number of hydrogen-bond donors (Lipinski definition) is 1. The van der Waals surface area contributed by atoms with Crippen LogP contribution in [0.2, 0.25) is 0 Å². The summed E-state index contributed by atoms with van der Waals surface area (Å²) in [4.78, 5) is 22.7. The molecular formula is C24H23N3O3S2. The summed E-state index contributed by atoms with van der Waals surface area (Å²) in [5, 5.41) is 6.20. The molecule has 1 amide bonds. The second-order valence-electron chi connectivity index (χ2n) is 7.21. The number of carbonyl (C=O) groups is 1. The number of carbonyl (C=O) groups excluding carboxylic acids is 1. The van der Waals surface area contributed by atoms with Gasteiger partial charge < -0.3 is 14.8 Å². The molecule has 4 rings (SSSR count). The van der Waals surface area contributed by atoms with E-state index in [1.165, 1.54) is 28.2 Å². The summed E-state index contributed by atoms with van der Waals surface area (Å²) in [7, 11) is 1.64. The third kappa shape index (κ3) is 5.52. The van der Waals surface area contributed by atoms with E-state index in [0.29, 0.717) is 11.7 Å². The van der Waals surface area contributed by atoms with Gasteiger partial charge in [0.2, 0.25) is 5.91 Å². The van der Waals surface area contributed by atoms with Crippen molar-refractivity contribution < 1.29 is 14.3 Å². The number of aromatic nitrogens is 2. The number of rotatable bonds is 8. The Morgan fingerprint density at radius 3 is 2.44 bits per heavy atom. The highest BCUT2D eigenvalue weighted by Gasteiger charge is 2.14. The Morgan fingerprint density at radius 1 is 1.00 bits per heavy atom. The normalized spacial score (nSPS) is 10.7. The lowest BCUT2D eigenvalue weighted by molar-refractivity contribution is -0.115. The zero-order chi connectivity index (χ0) is 22.5. The molecule has 0 aliphatic carbocycles. The summed E-state index contributed by atoms with van der Waals surface area (Å²) in [6.45, 7) is 4.41. The molecule has 8 heteroatoms. The quantitative estimate of drug-likeness (QED) is 0.364. The lowest BCUT2D eigenvalue weighted by Crippen LogP contribution is -2.14. The number of nitrogens with one attached hydrogen (secondary N) is 1. The van der Waals surface area contributed by atoms with E-state index < -0.39 is 0 Å². The van der Waals surface area contributed by atoms with E-state index in [0.717, 1.165) is 38.3 Å². The summed E-state index contributed by atoms with van der Waals surface area (Å²) in [6, 6.07) is 15.6. The smallest absolute Gasteiger partial charge is 0.232 e. The second kappa shape index (κ2) is 9.93. The van der Waals surface area contributed by atoms with Crippen LogP contribution in [0.4, 0.5) is 5.13 Å². The minimum atomic E-state index is -0.142. The molecule has 0 unspecified atom stereocenters. The summed E-state index contributed by atoms with van der Waals surface area (Å²) < 4.78 is 11.0. The molecular weight excluding hydrogens is 442 g/mol. The fraction of sp³-hybridized carbons (Fsp3) is 0.208. The summed E-state index contributed by atoms with van der Waals surface area (Å²) in [5.74, 6) is 1.45. The van der Waals surface area contributed by atoms with Gasteiger partial charge in [0.05, 0.1) is 24.9 Å². The third-order valence-corrected chi connectivity index (χ3v) is 6.49. The number of aryl methyl sites for hydroxylation is 2. The summed E-state index contributed by atoms with van der Waals surface area (Å²) in [6.07, 6.45) is 0.192. The van der Waals surface area contributed by atoms with Crippen molar-refractivity contribution in [3.8, 4) is 22.8 Å². The SMILES string of the molecule is COc1ccc(-c2nc(NC(=O)Cc3csc(COc4ccc(C)cc4)n3)sc2C)cc1. The van der Waals surface area contributed by atoms with Crippen molar-refractivity contribution >= 4 is 33.7 Å². The fourth-order valence-electron chi connectivity index (χ4n) is 3.07. The lowest BCUT2D eigenvalue weighted by Gasteiger charge is -2.04. The number of nitrogens with zero attached hydrogens (tertiary/aromatic N) is 2. The molecule has 4 aromatic rings. The van der Waals surface area contributed by atoms with Gasteiger partial charge in [-0.1, -0.05) is 17.7 Å². The van der Waals surface area contributed by atoms with Crippen LogP contribution >= 0.6 is 22.7 Å². The van der Waals surface area contributed by atoms with Crippen molar-refractivity contribution in [3.63, 3.8) is 0 Å². The maximum absolute atomic E-state index is 12.5. The van der Waals surface area contributed by atoms with Crippen LogP contribution in [0.3, 0.4) is 0 Å². The van der Waals surface area contributed by atoms with Crippen LogP contribution in [-0.2, 0) is 17.8 Å². The lowest BCUT2D eigenvalue weighted by atomic mass is 10.1. The van der Waals surface area contributed by atoms with Crippen LogP contribution in [0.5, 0.6) is 11.5 Å². The molecule has 0 fully saturated rings. The molecule has 0 aliphatic heterocycles. The van der Waals surface area contributed by atoms with Gasteiger partial charge in [0, 0.05) is 15.8 Å². The summed E-state index contributed by atoms with van der Waals surface area (Å²) in [5.41, 5.74) is 3.75. The van der Waals surface area contributed by atoms with Crippen LogP contribution in [-0.4, -0.2) is 23.0 Å². The van der Waals surface area contributed by atoms with Gasteiger partial charge in [-0.05, 0) is 50.2 Å². The van der Waals surface area contributed by atoms with E-state index in [-0.39, 0.29) is 12.3 Å². The minimum absolute atomic E-state index is 0.142. The predicted octanol–water partition coefficient (Wildman–Crippen LogP) is 5.65. The van der Waals surface area contributed by atoms with Gasteiger partial charge >= 0.3 is 0 Å². The molecule has 2 aromatic heterocycles. The summed E-state index contributed by atoms with van der Waals surface area (Å²) >= 11 is 2.95. The number of hydrogen-bond acceptors (Lipinski definition) is 7. The van der Waals surface area contributed by atoms with Gasteiger partial charge in [-0.3, -0.25) is 4.79 Å². The highest BCUT2D eigenvalue weighted by Crippen LogP contribution is 2.31. The number of ether oxygens (including phenoxy) is 2. The molecule has 0 spiro atoms. The number of thiazole rings is 2. The van der Waals surface area contributed by atoms with E-state index in [1.54, 1.807) is 7.11 Å². The standard InChI is InChI=1S/C24H23N3O3S2/c1-15-4-8-20(9-5-15)30-13-22-25-18(14-31-22)12-21(28)26-24-27-23(16(2)32-24)17-6-10-19(29-3)11-7-17/h4-11,14H,12-13H2,1-3H3,(H,26,27,28). The van der Waals surface area contributed by atoms with E-state index in [4.69, 9.17) is 9.47 Å². The Bertz CT molecular complexity index is 1200. The van der Waals surface area contributed by atoms with Crippen molar-refractivity contribution in [2.24, 2.45) is 0 Å². The van der Waals surface area contributed by atoms with Crippen molar-refractivity contribution in [2.75, 3.05) is 12.4 Å². The molecule has 0 atom stereocenters. The van der Waals surface area contributed by atoms with E-state index in [2.05, 4.69) is 15.3 Å². The van der Waals surface area contributed by atoms with Gasteiger partial charge in [0.15, 0.2) is 5.13 Å². The van der Waals surface area contributed by atoms with Gasteiger partial charge in [-0.2, -0.15) is 0 Å². The topological polar surface area (TPSA) is 73.3 Å². The minimum Gasteiger partial charge on any atom is -0.497 e. The zero-order valence-corrected chi connectivity index (χ0v) is 19.7. The van der Waals surface area contributed by atoms with Crippen LogP contribution in [0, 0.1) is 13.8 Å². The van der Waals surface area contributed by atoms with Crippen LogP contribution < -0.4 is 14.8 Å². The predicted molar refractivity (Wildman–Crippen MR) is 129 cm³/mol. The first-order chi connectivity index (χ1) is 15.5. The van der Waals surface area contributed by atoms with Gasteiger partial charge in [-0.25, -0.2) is 9.97 Å². The van der Waals surface area contributed by atoms with Crippen molar-refractivity contribution in [3.05, 3.63) is 75.1 Å². The maximum atomic E-state index is 12.5. The van der Waals surface area contributed by atoms with E-state index in [9.17, 15) is 4.79 Å². The fourth-order valence-corrected chi connectivity index (χ4v) is 4.63. The molecule has 0 radical (unpaired) electrons. The molecule has 32 heavy (non-hydrogen) atoms. The molecule has 0 bridgehead atoms. The van der Waals surface area contributed by atoms with Gasteiger partial charge in [-0.15, -0.1) is 22.7 Å². The third-order valence-electron chi connectivity index (χ3n) is 4.73. The van der Waals surface area contributed by atoms with Gasteiger partial charge in [0.25, 0.3) is 0 Å². The monoisotopic (exact) mass is 465 g/mol. The van der Waals surface area contributed by atoms with E-state index in [1.807, 2.05) is 67.8 Å². The molecule has 0 aliphatic rings. The van der Waals surface area contributed by atoms with Crippen molar-refractivity contribution in [1.82, 2.24) is 9.97 Å². The average Bonchev–Trinajstić information content (AvgIpc) is 3.39. The maximum Gasteiger partial charge on any atom is 0.232 e. The van der Waals surface area contributed by atoms with Crippen LogP contribution in [0.15, 0.2) is 53.9 Å². The Balaban J connectivity index is 1.33. The molecule has 1 N–H and O–H groups in total.